The fourth-order valence-electron chi connectivity index (χ4n) is 7.53. The van der Waals surface area contributed by atoms with Crippen molar-refractivity contribution in [1.29, 1.82) is 0 Å². The second kappa shape index (κ2) is 7.24. The monoisotopic (exact) mass is 452 g/mol. The van der Waals surface area contributed by atoms with Gasteiger partial charge in [0.2, 0.25) is 0 Å². The number of aliphatic hydroxyl groups is 1. The van der Waals surface area contributed by atoms with E-state index in [1.54, 1.807) is 6.92 Å². The maximum absolute atomic E-state index is 13.7. The molecule has 0 radical (unpaired) electrons. The lowest BCUT2D eigenvalue weighted by Crippen LogP contribution is -2.75. The summed E-state index contributed by atoms with van der Waals surface area (Å²) in [6.07, 6.45) is 1.70. The number of ketones is 1. The summed E-state index contributed by atoms with van der Waals surface area (Å²) < 4.78 is 23.8. The molecular weight excluding hydrogens is 416 g/mol. The summed E-state index contributed by atoms with van der Waals surface area (Å²) in [7, 11) is 0. The molecule has 7 atom stereocenters. The molecule has 2 saturated carbocycles. The molecule has 2 saturated heterocycles. The standard InChI is InChI=1S/C24H36O8/c1-14(25)30-18-7-8-21(5)16(20(18,3)4)11-17(27)22(6,31-15(2)26)24(21)10-9-23(32-24)12-19(28)29-13-23/h16,18-19,28H,7-13H2,1-6H3. The molecule has 2 spiro atoms. The van der Waals surface area contributed by atoms with Crippen molar-refractivity contribution in [2.75, 3.05) is 6.61 Å². The van der Waals surface area contributed by atoms with Crippen molar-refractivity contribution < 1.29 is 38.4 Å². The second-order valence-corrected chi connectivity index (χ2v) is 11.3. The first-order chi connectivity index (χ1) is 14.7. The third-order valence-electron chi connectivity index (χ3n) is 9.10. The van der Waals surface area contributed by atoms with Crippen LogP contribution in [0.2, 0.25) is 0 Å². The van der Waals surface area contributed by atoms with Gasteiger partial charge in [-0.2, -0.15) is 0 Å². The normalized spacial score (nSPS) is 47.5. The van der Waals surface area contributed by atoms with E-state index in [0.717, 1.165) is 0 Å². The molecular formula is C24H36O8. The van der Waals surface area contributed by atoms with Gasteiger partial charge >= 0.3 is 11.9 Å². The molecule has 8 heteroatoms. The van der Waals surface area contributed by atoms with E-state index in [0.29, 0.717) is 32.1 Å². The average Bonchev–Trinajstić information content (AvgIpc) is 3.23. The highest BCUT2D eigenvalue weighted by molar-refractivity contribution is 5.92. The summed E-state index contributed by atoms with van der Waals surface area (Å²) in [6.45, 7) is 10.9. The molecule has 180 valence electrons. The molecule has 4 rings (SSSR count). The van der Waals surface area contributed by atoms with E-state index in [1.165, 1.54) is 13.8 Å². The summed E-state index contributed by atoms with van der Waals surface area (Å²) in [6, 6.07) is 0. The summed E-state index contributed by atoms with van der Waals surface area (Å²) in [4.78, 5) is 37.7. The third kappa shape index (κ3) is 3.09. The van der Waals surface area contributed by atoms with Gasteiger partial charge in [-0.15, -0.1) is 0 Å². The van der Waals surface area contributed by atoms with E-state index in [-0.39, 0.29) is 36.8 Å². The number of aliphatic hydroxyl groups excluding tert-OH is 1. The molecule has 2 aliphatic carbocycles. The van der Waals surface area contributed by atoms with Crippen LogP contribution in [0.1, 0.15) is 80.1 Å². The highest BCUT2D eigenvalue weighted by Gasteiger charge is 2.77. The van der Waals surface area contributed by atoms with Crippen molar-refractivity contribution in [3.05, 3.63) is 0 Å². The topological polar surface area (TPSA) is 108 Å². The Morgan fingerprint density at radius 1 is 1.06 bits per heavy atom. The van der Waals surface area contributed by atoms with Gasteiger partial charge in [-0.05, 0) is 38.5 Å². The molecule has 32 heavy (non-hydrogen) atoms. The van der Waals surface area contributed by atoms with E-state index in [4.69, 9.17) is 18.9 Å². The molecule has 2 heterocycles. The molecule has 7 unspecified atom stereocenters. The van der Waals surface area contributed by atoms with Crippen molar-refractivity contribution >= 4 is 17.7 Å². The minimum atomic E-state index is -1.45. The van der Waals surface area contributed by atoms with Crippen LogP contribution in [0.3, 0.4) is 0 Å². The van der Waals surface area contributed by atoms with Crippen LogP contribution < -0.4 is 0 Å². The first-order valence-electron chi connectivity index (χ1n) is 11.6. The number of Topliss-reactive ketones (excluding diaryl/α,β-unsaturated/α-hetero) is 1. The molecule has 8 nitrogen and oxygen atoms in total. The Kier molecular flexibility index (Phi) is 5.35. The lowest BCUT2D eigenvalue weighted by Gasteiger charge is -2.66. The number of carbonyl (C=O) groups is 3. The number of carbonyl (C=O) groups excluding carboxylic acids is 3. The molecule has 4 aliphatic rings. The Bertz CT molecular complexity index is 838. The van der Waals surface area contributed by atoms with E-state index in [1.807, 2.05) is 13.8 Å². The molecule has 0 aromatic carbocycles. The van der Waals surface area contributed by atoms with Gasteiger partial charge in [-0.3, -0.25) is 14.4 Å². The van der Waals surface area contributed by atoms with Gasteiger partial charge in [0.1, 0.15) is 11.7 Å². The molecule has 0 aromatic heterocycles. The first-order valence-corrected chi connectivity index (χ1v) is 11.6. The molecule has 1 N–H and O–H groups in total. The summed E-state index contributed by atoms with van der Waals surface area (Å²) in [5.41, 5.74) is -4.25. The maximum Gasteiger partial charge on any atom is 0.303 e. The van der Waals surface area contributed by atoms with Gasteiger partial charge in [-0.25, -0.2) is 0 Å². The minimum absolute atomic E-state index is 0.147. The number of ether oxygens (including phenoxy) is 4. The van der Waals surface area contributed by atoms with E-state index in [9.17, 15) is 19.5 Å². The lowest BCUT2D eigenvalue weighted by atomic mass is 9.42. The molecule has 0 amide bonds. The number of hydrogen-bond donors (Lipinski definition) is 1. The minimum Gasteiger partial charge on any atom is -0.462 e. The predicted octanol–water partition coefficient (Wildman–Crippen LogP) is 2.68. The van der Waals surface area contributed by atoms with Gasteiger partial charge in [0.15, 0.2) is 17.7 Å². The zero-order valence-corrected chi connectivity index (χ0v) is 20.0. The summed E-state index contributed by atoms with van der Waals surface area (Å²) in [5.74, 6) is -1.18. The highest BCUT2D eigenvalue weighted by atomic mass is 16.7. The lowest BCUT2D eigenvalue weighted by molar-refractivity contribution is -0.294. The average molecular weight is 453 g/mol. The van der Waals surface area contributed by atoms with Crippen LogP contribution in [0.4, 0.5) is 0 Å². The first kappa shape index (κ1) is 23.6. The highest BCUT2D eigenvalue weighted by Crippen LogP contribution is 2.69. The number of esters is 2. The van der Waals surface area contributed by atoms with Gasteiger partial charge in [0.05, 0.1) is 12.2 Å². The van der Waals surface area contributed by atoms with Crippen molar-refractivity contribution in [2.45, 2.75) is 109 Å². The largest absolute Gasteiger partial charge is 0.462 e. The van der Waals surface area contributed by atoms with Crippen LogP contribution in [-0.4, -0.2) is 58.6 Å². The molecule has 0 bridgehead atoms. The van der Waals surface area contributed by atoms with Crippen molar-refractivity contribution in [3.63, 3.8) is 0 Å². The van der Waals surface area contributed by atoms with Crippen LogP contribution in [0.15, 0.2) is 0 Å². The van der Waals surface area contributed by atoms with Crippen LogP contribution >= 0.6 is 0 Å². The predicted molar refractivity (Wildman–Crippen MR) is 112 cm³/mol. The van der Waals surface area contributed by atoms with E-state index >= 15 is 0 Å². The second-order valence-electron chi connectivity index (χ2n) is 11.3. The van der Waals surface area contributed by atoms with Crippen LogP contribution in [0.25, 0.3) is 0 Å². The van der Waals surface area contributed by atoms with Crippen LogP contribution in [-0.2, 0) is 33.3 Å². The Balaban J connectivity index is 1.83. The summed E-state index contributed by atoms with van der Waals surface area (Å²) >= 11 is 0. The third-order valence-corrected chi connectivity index (χ3v) is 9.10. The van der Waals surface area contributed by atoms with Gasteiger partial charge in [-0.1, -0.05) is 20.8 Å². The quantitative estimate of drug-likeness (QED) is 0.637. The fraction of sp³-hybridized carbons (Fsp3) is 0.875. The molecule has 0 aromatic rings. The van der Waals surface area contributed by atoms with Gasteiger partial charge in [0.25, 0.3) is 0 Å². The van der Waals surface area contributed by atoms with Gasteiger partial charge in [0, 0.05) is 37.5 Å². The van der Waals surface area contributed by atoms with E-state index < -0.39 is 39.9 Å². The molecule has 4 fully saturated rings. The Morgan fingerprint density at radius 2 is 1.75 bits per heavy atom. The van der Waals surface area contributed by atoms with Crippen molar-refractivity contribution in [3.8, 4) is 0 Å². The zero-order valence-electron chi connectivity index (χ0n) is 20.0. The fourth-order valence-corrected chi connectivity index (χ4v) is 7.53. The smallest absolute Gasteiger partial charge is 0.303 e. The van der Waals surface area contributed by atoms with Gasteiger partial charge < -0.3 is 24.1 Å². The Morgan fingerprint density at radius 3 is 2.31 bits per heavy atom. The Labute approximate surface area is 189 Å². The SMILES string of the molecule is CC(=O)OC1CCC2(C)C(CC(=O)C(C)(OC(C)=O)C23CCC2(COC(O)C2)O3)C1(C)C. The number of hydrogen-bond acceptors (Lipinski definition) is 8. The Hall–Kier alpha value is -1.51. The number of rotatable bonds is 2. The van der Waals surface area contributed by atoms with Crippen molar-refractivity contribution in [1.82, 2.24) is 0 Å². The zero-order chi connectivity index (χ0) is 23.7. The summed E-state index contributed by atoms with van der Waals surface area (Å²) in [5, 5.41) is 10.1. The maximum atomic E-state index is 13.7. The van der Waals surface area contributed by atoms with Crippen LogP contribution in [0, 0.1) is 16.7 Å². The molecule has 2 aliphatic heterocycles. The van der Waals surface area contributed by atoms with Crippen LogP contribution in [0.5, 0.6) is 0 Å². The van der Waals surface area contributed by atoms with Crippen molar-refractivity contribution in [2.24, 2.45) is 16.7 Å². The number of fused-ring (bicyclic) bond motifs is 2. The van der Waals surface area contributed by atoms with E-state index in [2.05, 4.69) is 6.92 Å².